The van der Waals surface area contributed by atoms with Crippen LogP contribution in [-0.2, 0) is 6.54 Å². The van der Waals surface area contributed by atoms with E-state index in [4.69, 9.17) is 0 Å². The van der Waals surface area contributed by atoms with Gasteiger partial charge in [0.15, 0.2) is 0 Å². The third kappa shape index (κ3) is 3.65. The minimum Gasteiger partial charge on any atom is -0.321 e. The van der Waals surface area contributed by atoms with Crippen molar-refractivity contribution in [2.75, 3.05) is 19.4 Å². The predicted octanol–water partition coefficient (Wildman–Crippen LogP) is 3.07. The normalized spacial score (nSPS) is 10.8. The molecule has 1 amide bonds. The Labute approximate surface area is 123 Å². The summed E-state index contributed by atoms with van der Waals surface area (Å²) in [5.74, 6) is -0.0874. The van der Waals surface area contributed by atoms with E-state index >= 15 is 0 Å². The van der Waals surface area contributed by atoms with Crippen LogP contribution in [-0.4, -0.2) is 29.9 Å². The summed E-state index contributed by atoms with van der Waals surface area (Å²) in [4.78, 5) is 19.5. The van der Waals surface area contributed by atoms with Crippen molar-refractivity contribution in [2.24, 2.45) is 0 Å². The maximum atomic E-state index is 12.3. The first-order chi connectivity index (χ1) is 9.45. The molecule has 0 aliphatic heterocycles. The molecular formula is C15H19N3OS. The van der Waals surface area contributed by atoms with E-state index in [-0.39, 0.29) is 5.91 Å². The number of carbonyl (C=O) groups is 1. The Balaban J connectivity index is 2.15. The fourth-order valence-electron chi connectivity index (χ4n) is 1.91. The smallest absolute Gasteiger partial charge is 0.267 e. The fourth-order valence-corrected chi connectivity index (χ4v) is 2.99. The molecule has 1 N–H and O–H groups in total. The molecule has 4 nitrogen and oxygen atoms in total. The van der Waals surface area contributed by atoms with Gasteiger partial charge in [0.25, 0.3) is 5.91 Å². The van der Waals surface area contributed by atoms with Crippen molar-refractivity contribution in [1.29, 1.82) is 0 Å². The molecule has 0 unspecified atom stereocenters. The Kier molecular flexibility index (Phi) is 4.52. The average Bonchev–Trinajstić information content (AvgIpc) is 2.69. The average molecular weight is 289 g/mol. The van der Waals surface area contributed by atoms with Gasteiger partial charge in [-0.2, -0.15) is 0 Å². The van der Waals surface area contributed by atoms with E-state index < -0.39 is 0 Å². The largest absolute Gasteiger partial charge is 0.321 e. The molecule has 0 radical (unpaired) electrons. The Morgan fingerprint density at radius 1 is 1.35 bits per heavy atom. The van der Waals surface area contributed by atoms with Crippen LogP contribution < -0.4 is 5.32 Å². The summed E-state index contributed by atoms with van der Waals surface area (Å²) in [5, 5.41) is 3.88. The molecule has 1 aromatic carbocycles. The fraction of sp³-hybridized carbons (Fsp3) is 0.333. The summed E-state index contributed by atoms with van der Waals surface area (Å²) in [6, 6.07) is 7.78. The molecule has 2 rings (SSSR count). The van der Waals surface area contributed by atoms with Crippen LogP contribution in [0.25, 0.3) is 0 Å². The number of anilines is 1. The molecule has 5 heteroatoms. The first kappa shape index (κ1) is 14.7. The summed E-state index contributed by atoms with van der Waals surface area (Å²) < 4.78 is 0. The highest BCUT2D eigenvalue weighted by Gasteiger charge is 2.15. The lowest BCUT2D eigenvalue weighted by Crippen LogP contribution is -2.11. The molecule has 1 heterocycles. The van der Waals surface area contributed by atoms with E-state index in [1.807, 2.05) is 57.1 Å². The zero-order valence-corrected chi connectivity index (χ0v) is 13.0. The van der Waals surface area contributed by atoms with Gasteiger partial charge in [0, 0.05) is 12.2 Å². The SMILES string of the molecule is Cc1cccc(NC(=O)c2sc(CN(C)C)nc2C)c1. The number of nitrogens with one attached hydrogen (secondary N) is 1. The Hall–Kier alpha value is -1.72. The number of aryl methyl sites for hydroxylation is 2. The zero-order chi connectivity index (χ0) is 14.7. The van der Waals surface area contributed by atoms with Crippen LogP contribution in [0.15, 0.2) is 24.3 Å². The second-order valence-electron chi connectivity index (χ2n) is 5.08. The van der Waals surface area contributed by atoms with Gasteiger partial charge in [-0.05, 0) is 45.6 Å². The van der Waals surface area contributed by atoms with Gasteiger partial charge >= 0.3 is 0 Å². The summed E-state index contributed by atoms with van der Waals surface area (Å²) >= 11 is 1.45. The Morgan fingerprint density at radius 3 is 2.75 bits per heavy atom. The number of thiazole rings is 1. The van der Waals surface area contributed by atoms with Crippen molar-refractivity contribution in [2.45, 2.75) is 20.4 Å². The van der Waals surface area contributed by atoms with Crippen LogP contribution in [0.5, 0.6) is 0 Å². The lowest BCUT2D eigenvalue weighted by atomic mass is 10.2. The monoisotopic (exact) mass is 289 g/mol. The Bertz CT molecular complexity index is 619. The van der Waals surface area contributed by atoms with E-state index in [2.05, 4.69) is 10.3 Å². The maximum absolute atomic E-state index is 12.3. The number of carbonyl (C=O) groups excluding carboxylic acids is 1. The van der Waals surface area contributed by atoms with E-state index in [1.54, 1.807) is 0 Å². The van der Waals surface area contributed by atoms with Gasteiger partial charge in [0.1, 0.15) is 9.88 Å². The van der Waals surface area contributed by atoms with Crippen molar-refractivity contribution in [3.8, 4) is 0 Å². The minimum atomic E-state index is -0.0874. The highest BCUT2D eigenvalue weighted by molar-refractivity contribution is 7.13. The van der Waals surface area contributed by atoms with Gasteiger partial charge in [-0.15, -0.1) is 11.3 Å². The molecule has 0 fully saturated rings. The summed E-state index contributed by atoms with van der Waals surface area (Å²) in [6.07, 6.45) is 0. The van der Waals surface area contributed by atoms with Crippen LogP contribution >= 0.6 is 11.3 Å². The minimum absolute atomic E-state index is 0.0874. The van der Waals surface area contributed by atoms with E-state index in [0.29, 0.717) is 4.88 Å². The van der Waals surface area contributed by atoms with Crippen LogP contribution in [0.1, 0.15) is 25.9 Å². The molecule has 0 atom stereocenters. The van der Waals surface area contributed by atoms with Crippen molar-refractivity contribution in [3.63, 3.8) is 0 Å². The van der Waals surface area contributed by atoms with Crippen molar-refractivity contribution >= 4 is 22.9 Å². The molecule has 2 aromatic rings. The third-order valence-electron chi connectivity index (χ3n) is 2.77. The molecule has 106 valence electrons. The second kappa shape index (κ2) is 6.15. The van der Waals surface area contributed by atoms with Crippen LogP contribution in [0, 0.1) is 13.8 Å². The van der Waals surface area contributed by atoms with Crippen molar-refractivity contribution < 1.29 is 4.79 Å². The number of aromatic nitrogens is 1. The quantitative estimate of drug-likeness (QED) is 0.941. The second-order valence-corrected chi connectivity index (χ2v) is 6.17. The van der Waals surface area contributed by atoms with Crippen molar-refractivity contribution in [1.82, 2.24) is 9.88 Å². The number of nitrogens with zero attached hydrogens (tertiary/aromatic N) is 2. The maximum Gasteiger partial charge on any atom is 0.267 e. The highest BCUT2D eigenvalue weighted by atomic mass is 32.1. The molecule has 1 aromatic heterocycles. The van der Waals surface area contributed by atoms with Gasteiger partial charge in [-0.1, -0.05) is 12.1 Å². The molecule has 0 spiro atoms. The lowest BCUT2D eigenvalue weighted by molar-refractivity contribution is 0.103. The van der Waals surface area contributed by atoms with Crippen LogP contribution in [0.4, 0.5) is 5.69 Å². The van der Waals surface area contributed by atoms with Gasteiger partial charge in [-0.25, -0.2) is 4.98 Å². The molecule has 0 aliphatic rings. The highest BCUT2D eigenvalue weighted by Crippen LogP contribution is 2.21. The molecule has 0 bridgehead atoms. The first-order valence-corrected chi connectivity index (χ1v) is 7.26. The van der Waals surface area contributed by atoms with Gasteiger partial charge in [0.2, 0.25) is 0 Å². The number of amides is 1. The zero-order valence-electron chi connectivity index (χ0n) is 12.2. The lowest BCUT2D eigenvalue weighted by Gasteiger charge is -2.05. The third-order valence-corrected chi connectivity index (χ3v) is 3.92. The van der Waals surface area contributed by atoms with Gasteiger partial charge in [-0.3, -0.25) is 4.79 Å². The summed E-state index contributed by atoms with van der Waals surface area (Å²) in [5.41, 5.74) is 2.73. The van der Waals surface area contributed by atoms with E-state index in [9.17, 15) is 4.79 Å². The number of hydrogen-bond donors (Lipinski definition) is 1. The van der Waals surface area contributed by atoms with Crippen LogP contribution in [0.2, 0.25) is 0 Å². The Morgan fingerprint density at radius 2 is 2.10 bits per heavy atom. The molecule has 0 aliphatic carbocycles. The van der Waals surface area contributed by atoms with E-state index in [0.717, 1.165) is 28.5 Å². The predicted molar refractivity (Wildman–Crippen MR) is 83.4 cm³/mol. The van der Waals surface area contributed by atoms with Gasteiger partial charge < -0.3 is 10.2 Å². The number of hydrogen-bond acceptors (Lipinski definition) is 4. The van der Waals surface area contributed by atoms with E-state index in [1.165, 1.54) is 11.3 Å². The molecule has 0 saturated carbocycles. The summed E-state index contributed by atoms with van der Waals surface area (Å²) in [7, 11) is 3.98. The van der Waals surface area contributed by atoms with Crippen molar-refractivity contribution in [3.05, 3.63) is 45.4 Å². The first-order valence-electron chi connectivity index (χ1n) is 6.45. The summed E-state index contributed by atoms with van der Waals surface area (Å²) in [6.45, 7) is 4.63. The number of benzene rings is 1. The molecule has 20 heavy (non-hydrogen) atoms. The topological polar surface area (TPSA) is 45.2 Å². The number of rotatable bonds is 4. The molecule has 0 saturated heterocycles. The van der Waals surface area contributed by atoms with Crippen LogP contribution in [0.3, 0.4) is 0 Å². The molecular weight excluding hydrogens is 270 g/mol. The standard InChI is InChI=1S/C15H19N3OS/c1-10-6-5-7-12(8-10)17-15(19)14-11(2)16-13(20-14)9-18(3)4/h5-8H,9H2,1-4H3,(H,17,19). The van der Waals surface area contributed by atoms with Gasteiger partial charge in [0.05, 0.1) is 5.69 Å².